The van der Waals surface area contributed by atoms with E-state index in [1.165, 1.54) is 0 Å². The van der Waals surface area contributed by atoms with E-state index < -0.39 is 0 Å². The zero-order chi connectivity index (χ0) is 10.8. The number of aromatic amines is 1. The van der Waals surface area contributed by atoms with Crippen molar-refractivity contribution in [3.05, 3.63) is 18.1 Å². The van der Waals surface area contributed by atoms with E-state index in [9.17, 15) is 0 Å². The number of fused-ring (bicyclic) bond motifs is 1. The standard InChI is InChI=1S/C11H12N4/c1-3-7(4-2)10-14-9(12)8-5-6-13-11(8)15-10/h1,5-7H,4H2,2H3,(H3,12,13,14,15). The third-order valence-electron chi connectivity index (χ3n) is 2.38. The molecule has 0 amide bonds. The lowest BCUT2D eigenvalue weighted by atomic mass is 10.1. The Morgan fingerprint density at radius 1 is 1.60 bits per heavy atom. The molecule has 0 spiro atoms. The maximum atomic E-state index is 5.81. The van der Waals surface area contributed by atoms with Crippen molar-refractivity contribution in [2.45, 2.75) is 19.3 Å². The van der Waals surface area contributed by atoms with Crippen LogP contribution in [0, 0.1) is 12.3 Å². The Kier molecular flexibility index (Phi) is 2.30. The minimum atomic E-state index is -0.0694. The summed E-state index contributed by atoms with van der Waals surface area (Å²) in [4.78, 5) is 11.6. The van der Waals surface area contributed by atoms with Crippen molar-refractivity contribution in [3.8, 4) is 12.3 Å². The van der Waals surface area contributed by atoms with E-state index in [0.717, 1.165) is 17.5 Å². The number of nitrogens with one attached hydrogen (secondary N) is 1. The molecule has 2 aromatic heterocycles. The number of aromatic nitrogens is 3. The van der Waals surface area contributed by atoms with Gasteiger partial charge in [-0.15, -0.1) is 6.42 Å². The molecule has 0 saturated carbocycles. The van der Waals surface area contributed by atoms with Gasteiger partial charge in [-0.3, -0.25) is 0 Å². The van der Waals surface area contributed by atoms with E-state index in [2.05, 4.69) is 20.9 Å². The Balaban J connectivity index is 2.59. The molecule has 3 N–H and O–H groups in total. The number of nitrogens with zero attached hydrogens (tertiary/aromatic N) is 2. The average molecular weight is 200 g/mol. The molecule has 1 atom stereocenters. The number of anilines is 1. The molecule has 0 aliphatic rings. The third kappa shape index (κ3) is 1.52. The predicted molar refractivity (Wildman–Crippen MR) is 60.2 cm³/mol. The summed E-state index contributed by atoms with van der Waals surface area (Å²) in [7, 11) is 0. The minimum absolute atomic E-state index is 0.0694. The maximum Gasteiger partial charge on any atom is 0.148 e. The van der Waals surface area contributed by atoms with Crippen LogP contribution in [0.1, 0.15) is 25.1 Å². The summed E-state index contributed by atoms with van der Waals surface area (Å²) in [5, 5.41) is 0.839. The van der Waals surface area contributed by atoms with Crippen molar-refractivity contribution in [1.29, 1.82) is 0 Å². The van der Waals surface area contributed by atoms with Crippen LogP contribution >= 0.6 is 0 Å². The lowest BCUT2D eigenvalue weighted by Gasteiger charge is -2.07. The van der Waals surface area contributed by atoms with E-state index >= 15 is 0 Å². The van der Waals surface area contributed by atoms with Crippen LogP contribution in [0.2, 0.25) is 0 Å². The average Bonchev–Trinajstić information content (AvgIpc) is 2.68. The summed E-state index contributed by atoms with van der Waals surface area (Å²) in [5.74, 6) is 3.68. The van der Waals surface area contributed by atoms with E-state index in [1.807, 2.05) is 13.0 Å². The van der Waals surface area contributed by atoms with Crippen LogP contribution in [0.5, 0.6) is 0 Å². The van der Waals surface area contributed by atoms with Gasteiger partial charge in [0.2, 0.25) is 0 Å². The number of H-pyrrole nitrogens is 1. The van der Waals surface area contributed by atoms with Crippen LogP contribution in [-0.4, -0.2) is 15.0 Å². The summed E-state index contributed by atoms with van der Waals surface area (Å²) in [6, 6.07) is 1.85. The molecule has 1 unspecified atom stereocenters. The van der Waals surface area contributed by atoms with Crippen molar-refractivity contribution in [2.24, 2.45) is 0 Å². The zero-order valence-corrected chi connectivity index (χ0v) is 8.49. The van der Waals surface area contributed by atoms with Gasteiger partial charge in [0.15, 0.2) is 0 Å². The molecule has 4 heteroatoms. The zero-order valence-electron chi connectivity index (χ0n) is 8.49. The molecule has 0 aromatic carbocycles. The highest BCUT2D eigenvalue weighted by molar-refractivity contribution is 5.85. The fraction of sp³-hybridized carbons (Fsp3) is 0.273. The van der Waals surface area contributed by atoms with Gasteiger partial charge < -0.3 is 10.7 Å². The normalized spacial score (nSPS) is 12.5. The summed E-state index contributed by atoms with van der Waals surface area (Å²) in [6.07, 6.45) is 8.00. The first-order valence-electron chi connectivity index (χ1n) is 4.83. The van der Waals surface area contributed by atoms with Gasteiger partial charge in [-0.2, -0.15) is 0 Å². The molecule has 4 nitrogen and oxygen atoms in total. The Morgan fingerprint density at radius 2 is 2.40 bits per heavy atom. The fourth-order valence-corrected chi connectivity index (χ4v) is 1.51. The van der Waals surface area contributed by atoms with E-state index in [-0.39, 0.29) is 5.92 Å². The van der Waals surface area contributed by atoms with Crippen LogP contribution < -0.4 is 5.73 Å². The molecule has 2 heterocycles. The lowest BCUT2D eigenvalue weighted by molar-refractivity contribution is 0.767. The highest BCUT2D eigenvalue weighted by atomic mass is 15.0. The number of hydrogen-bond acceptors (Lipinski definition) is 3. The maximum absolute atomic E-state index is 5.81. The summed E-state index contributed by atoms with van der Waals surface area (Å²) >= 11 is 0. The van der Waals surface area contributed by atoms with E-state index in [0.29, 0.717) is 11.6 Å². The van der Waals surface area contributed by atoms with Crippen molar-refractivity contribution in [3.63, 3.8) is 0 Å². The van der Waals surface area contributed by atoms with Crippen molar-refractivity contribution < 1.29 is 0 Å². The van der Waals surface area contributed by atoms with Crippen LogP contribution in [0.25, 0.3) is 11.0 Å². The minimum Gasteiger partial charge on any atom is -0.383 e. The van der Waals surface area contributed by atoms with Gasteiger partial charge in [0, 0.05) is 6.20 Å². The van der Waals surface area contributed by atoms with Gasteiger partial charge >= 0.3 is 0 Å². The quantitative estimate of drug-likeness (QED) is 0.724. The second-order valence-electron chi connectivity index (χ2n) is 3.33. The van der Waals surface area contributed by atoms with E-state index in [4.69, 9.17) is 12.2 Å². The molecular weight excluding hydrogens is 188 g/mol. The highest BCUT2D eigenvalue weighted by Crippen LogP contribution is 2.21. The Bertz CT molecular complexity index is 521. The smallest absolute Gasteiger partial charge is 0.148 e. The highest BCUT2D eigenvalue weighted by Gasteiger charge is 2.12. The van der Waals surface area contributed by atoms with E-state index in [1.54, 1.807) is 6.20 Å². The molecule has 2 rings (SSSR count). The van der Waals surface area contributed by atoms with Crippen LogP contribution in [0.3, 0.4) is 0 Å². The largest absolute Gasteiger partial charge is 0.383 e. The van der Waals surface area contributed by atoms with Gasteiger partial charge in [-0.05, 0) is 12.5 Å². The Morgan fingerprint density at radius 3 is 3.07 bits per heavy atom. The number of hydrogen-bond donors (Lipinski definition) is 2. The van der Waals surface area contributed by atoms with Gasteiger partial charge in [-0.1, -0.05) is 12.8 Å². The van der Waals surface area contributed by atoms with Crippen molar-refractivity contribution in [1.82, 2.24) is 15.0 Å². The monoisotopic (exact) mass is 200 g/mol. The number of nitrogen functional groups attached to an aromatic ring is 1. The molecule has 0 radical (unpaired) electrons. The van der Waals surface area contributed by atoms with Gasteiger partial charge in [0.25, 0.3) is 0 Å². The topological polar surface area (TPSA) is 67.6 Å². The first-order valence-corrected chi connectivity index (χ1v) is 4.83. The van der Waals surface area contributed by atoms with Crippen LogP contribution in [0.4, 0.5) is 5.82 Å². The number of nitrogens with two attached hydrogens (primary N) is 1. The summed E-state index contributed by atoms with van der Waals surface area (Å²) in [5.41, 5.74) is 6.55. The lowest BCUT2D eigenvalue weighted by Crippen LogP contribution is -2.04. The summed E-state index contributed by atoms with van der Waals surface area (Å²) < 4.78 is 0. The van der Waals surface area contributed by atoms with Gasteiger partial charge in [-0.25, -0.2) is 9.97 Å². The van der Waals surface area contributed by atoms with Crippen molar-refractivity contribution >= 4 is 16.9 Å². The molecule has 76 valence electrons. The van der Waals surface area contributed by atoms with Crippen LogP contribution in [-0.2, 0) is 0 Å². The molecule has 0 fully saturated rings. The molecule has 2 aromatic rings. The molecule has 15 heavy (non-hydrogen) atoms. The Labute approximate surface area is 87.9 Å². The fourth-order valence-electron chi connectivity index (χ4n) is 1.51. The predicted octanol–water partition coefficient (Wildman–Crippen LogP) is 1.67. The molecule has 0 bridgehead atoms. The first kappa shape index (κ1) is 9.53. The number of rotatable bonds is 2. The van der Waals surface area contributed by atoms with Crippen molar-refractivity contribution in [2.75, 3.05) is 5.73 Å². The molecule has 0 aliphatic carbocycles. The summed E-state index contributed by atoms with van der Waals surface area (Å²) in [6.45, 7) is 2.00. The number of terminal acetylenes is 1. The van der Waals surface area contributed by atoms with Crippen LogP contribution in [0.15, 0.2) is 12.3 Å². The SMILES string of the molecule is C#CC(CC)c1nc(N)c2cc[nH]c2n1. The molecule has 0 saturated heterocycles. The second-order valence-corrected chi connectivity index (χ2v) is 3.33. The Hall–Kier alpha value is -2.02. The van der Waals surface area contributed by atoms with Gasteiger partial charge in [0.1, 0.15) is 17.3 Å². The second kappa shape index (κ2) is 3.62. The van der Waals surface area contributed by atoms with Gasteiger partial charge in [0.05, 0.1) is 11.3 Å². The first-order chi connectivity index (χ1) is 7.26. The molecule has 0 aliphatic heterocycles. The molecular formula is C11H12N4. The third-order valence-corrected chi connectivity index (χ3v) is 2.38.